The number of hydrogen-bond donors (Lipinski definition) is 2. The zero-order valence-electron chi connectivity index (χ0n) is 8.47. The van der Waals surface area contributed by atoms with Crippen LogP contribution in [-0.2, 0) is 9.59 Å². The molecule has 0 saturated heterocycles. The van der Waals surface area contributed by atoms with Crippen LogP contribution in [0.5, 0.6) is 0 Å². The number of nitrogens with one attached hydrogen (secondary N) is 2. The summed E-state index contributed by atoms with van der Waals surface area (Å²) in [6.07, 6.45) is 0.242. The summed E-state index contributed by atoms with van der Waals surface area (Å²) in [5.41, 5.74) is 0.0474. The molecule has 7 nitrogen and oxygen atoms in total. The summed E-state index contributed by atoms with van der Waals surface area (Å²) in [7, 11) is 0. The molecule has 86 valence electrons. The number of imide groups is 3. The molecule has 2 N–H and O–H groups in total. The summed E-state index contributed by atoms with van der Waals surface area (Å²) in [5, 5.41) is 3.56. The van der Waals surface area contributed by atoms with Gasteiger partial charge in [-0.3, -0.25) is 20.2 Å². The highest BCUT2D eigenvalue weighted by Gasteiger charge is 2.22. The number of rotatable bonds is 3. The van der Waals surface area contributed by atoms with Crippen molar-refractivity contribution in [3.8, 4) is 0 Å². The van der Waals surface area contributed by atoms with Gasteiger partial charge in [-0.15, -0.1) is 0 Å². The number of urea groups is 2. The highest BCUT2D eigenvalue weighted by atomic mass is 16.2. The maximum Gasteiger partial charge on any atom is 0.336 e. The minimum Gasteiger partial charge on any atom is -0.280 e. The van der Waals surface area contributed by atoms with Crippen molar-refractivity contribution < 1.29 is 19.2 Å². The molecule has 0 aliphatic rings. The first kappa shape index (κ1) is 12.4. The van der Waals surface area contributed by atoms with Gasteiger partial charge in [0.2, 0.25) is 12.8 Å². The second kappa shape index (κ2) is 6.01. The smallest absolute Gasteiger partial charge is 0.280 e. The van der Waals surface area contributed by atoms with E-state index in [0.29, 0.717) is 4.90 Å². The van der Waals surface area contributed by atoms with E-state index in [1.54, 1.807) is 10.6 Å². The van der Waals surface area contributed by atoms with Crippen LogP contribution in [0, 0.1) is 12.1 Å². The number of nitrogens with zero attached hydrogens (tertiary/aromatic N) is 1. The third-order valence-corrected chi connectivity index (χ3v) is 1.64. The zero-order chi connectivity index (χ0) is 12.7. The van der Waals surface area contributed by atoms with Gasteiger partial charge in [-0.1, -0.05) is 12.1 Å². The molecule has 1 aromatic rings. The Labute approximate surface area is 96.4 Å². The minimum absolute atomic E-state index is 0.0474. The van der Waals surface area contributed by atoms with Crippen molar-refractivity contribution in [1.29, 1.82) is 0 Å². The van der Waals surface area contributed by atoms with Crippen molar-refractivity contribution in [1.82, 2.24) is 10.6 Å². The highest BCUT2D eigenvalue weighted by molar-refractivity contribution is 6.17. The molecule has 2 radical (unpaired) electrons. The Kier molecular flexibility index (Phi) is 4.37. The van der Waals surface area contributed by atoms with E-state index >= 15 is 0 Å². The minimum atomic E-state index is -1.00. The molecule has 0 aliphatic carbocycles. The first-order valence-corrected chi connectivity index (χ1v) is 4.37. The number of amides is 6. The number of carbonyl (C=O) groups is 4. The predicted molar refractivity (Wildman–Crippen MR) is 55.8 cm³/mol. The summed E-state index contributed by atoms with van der Waals surface area (Å²) in [6, 6.07) is 7.44. The van der Waals surface area contributed by atoms with E-state index in [1.165, 1.54) is 18.2 Å². The van der Waals surface area contributed by atoms with Gasteiger partial charge >= 0.3 is 12.1 Å². The SMILES string of the molecule is O=CNC(=O)N(C(=O)NC=O)c1[c]cc[c]c1. The molecule has 0 aromatic heterocycles. The summed E-state index contributed by atoms with van der Waals surface area (Å²) < 4.78 is 0. The van der Waals surface area contributed by atoms with E-state index in [0.717, 1.165) is 0 Å². The fraction of sp³-hybridized carbons (Fsp3) is 0. The summed E-state index contributed by atoms with van der Waals surface area (Å²) in [6.45, 7) is 0. The van der Waals surface area contributed by atoms with Gasteiger partial charge in [0, 0.05) is 6.07 Å². The predicted octanol–water partition coefficient (Wildman–Crippen LogP) is -0.175. The largest absolute Gasteiger partial charge is 0.336 e. The Morgan fingerprint density at radius 2 is 1.71 bits per heavy atom. The normalized spacial score (nSPS) is 8.94. The Morgan fingerprint density at radius 1 is 1.12 bits per heavy atom. The van der Waals surface area contributed by atoms with Crippen LogP contribution >= 0.6 is 0 Å². The monoisotopic (exact) mass is 233 g/mol. The van der Waals surface area contributed by atoms with Crippen molar-refractivity contribution in [2.24, 2.45) is 0 Å². The van der Waals surface area contributed by atoms with E-state index in [2.05, 4.69) is 12.1 Å². The second-order valence-electron chi connectivity index (χ2n) is 2.64. The van der Waals surface area contributed by atoms with E-state index in [9.17, 15) is 19.2 Å². The van der Waals surface area contributed by atoms with E-state index in [-0.39, 0.29) is 18.5 Å². The molecule has 7 heteroatoms. The van der Waals surface area contributed by atoms with Crippen LogP contribution in [0.25, 0.3) is 0 Å². The Morgan fingerprint density at radius 3 is 2.12 bits per heavy atom. The van der Waals surface area contributed by atoms with Crippen molar-refractivity contribution in [3.63, 3.8) is 0 Å². The number of hydrogen-bond acceptors (Lipinski definition) is 4. The maximum absolute atomic E-state index is 11.4. The topological polar surface area (TPSA) is 95.6 Å². The molecule has 6 amide bonds. The molecular formula is C10H7N3O4. The van der Waals surface area contributed by atoms with Crippen molar-refractivity contribution in [3.05, 3.63) is 30.3 Å². The Hall–Kier alpha value is -2.70. The molecule has 0 saturated carbocycles. The molecular weight excluding hydrogens is 226 g/mol. The molecule has 0 aliphatic heterocycles. The molecule has 1 aromatic carbocycles. The highest BCUT2D eigenvalue weighted by Crippen LogP contribution is 2.12. The molecule has 0 atom stereocenters. The van der Waals surface area contributed by atoms with Gasteiger partial charge in [-0.25, -0.2) is 14.5 Å². The number of anilines is 1. The summed E-state index contributed by atoms with van der Waals surface area (Å²) in [5.74, 6) is 0. The zero-order valence-corrected chi connectivity index (χ0v) is 8.47. The van der Waals surface area contributed by atoms with Gasteiger partial charge < -0.3 is 0 Å². The molecule has 0 unspecified atom stereocenters. The van der Waals surface area contributed by atoms with Crippen LogP contribution < -0.4 is 15.5 Å². The van der Waals surface area contributed by atoms with Gasteiger partial charge in [-0.2, -0.15) is 0 Å². The van der Waals surface area contributed by atoms with Crippen molar-refractivity contribution in [2.45, 2.75) is 0 Å². The first-order chi connectivity index (χ1) is 8.20. The van der Waals surface area contributed by atoms with Crippen LogP contribution in [0.15, 0.2) is 18.2 Å². The number of benzene rings is 1. The van der Waals surface area contributed by atoms with Gasteiger partial charge in [0.05, 0.1) is 5.69 Å². The lowest BCUT2D eigenvalue weighted by molar-refractivity contribution is -0.109. The van der Waals surface area contributed by atoms with Gasteiger partial charge in [0.25, 0.3) is 0 Å². The average Bonchev–Trinajstić information content (AvgIpc) is 2.31. The van der Waals surface area contributed by atoms with Gasteiger partial charge in [0.15, 0.2) is 0 Å². The first-order valence-electron chi connectivity index (χ1n) is 4.37. The third-order valence-electron chi connectivity index (χ3n) is 1.64. The molecule has 17 heavy (non-hydrogen) atoms. The molecule has 0 spiro atoms. The molecule has 0 fully saturated rings. The lowest BCUT2D eigenvalue weighted by Crippen LogP contribution is -2.48. The van der Waals surface area contributed by atoms with Crippen LogP contribution in [0.3, 0.4) is 0 Å². The standard InChI is InChI=1S/C10H7N3O4/c14-6-11-9(16)13(10(17)12-7-15)8-4-2-1-3-5-8/h1-2,5-7H,(H,11,14,16)(H,12,15,17). The maximum atomic E-state index is 11.4. The van der Waals surface area contributed by atoms with Crippen LogP contribution in [0.1, 0.15) is 0 Å². The lowest BCUT2D eigenvalue weighted by Gasteiger charge is -2.18. The van der Waals surface area contributed by atoms with Crippen molar-refractivity contribution >= 4 is 30.6 Å². The van der Waals surface area contributed by atoms with Crippen LogP contribution in [0.2, 0.25) is 0 Å². The van der Waals surface area contributed by atoms with E-state index in [4.69, 9.17) is 0 Å². The van der Waals surface area contributed by atoms with Gasteiger partial charge in [0.1, 0.15) is 0 Å². The summed E-state index contributed by atoms with van der Waals surface area (Å²) >= 11 is 0. The van der Waals surface area contributed by atoms with Crippen molar-refractivity contribution in [2.75, 3.05) is 4.90 Å². The summed E-state index contributed by atoms with van der Waals surface area (Å²) in [4.78, 5) is 43.7. The molecule has 1 rings (SSSR count). The quantitative estimate of drug-likeness (QED) is 0.708. The van der Waals surface area contributed by atoms with Crippen LogP contribution in [0.4, 0.5) is 15.3 Å². The van der Waals surface area contributed by atoms with Gasteiger partial charge in [-0.05, 0) is 12.1 Å². The fourth-order valence-corrected chi connectivity index (χ4v) is 1.01. The van der Waals surface area contributed by atoms with Crippen LogP contribution in [-0.4, -0.2) is 24.9 Å². The fourth-order valence-electron chi connectivity index (χ4n) is 1.01. The average molecular weight is 233 g/mol. The lowest BCUT2D eigenvalue weighted by atomic mass is 10.3. The van der Waals surface area contributed by atoms with E-state index in [1.807, 2.05) is 0 Å². The van der Waals surface area contributed by atoms with E-state index < -0.39 is 12.1 Å². The Balaban J connectivity index is 3.02. The number of carbonyl (C=O) groups excluding carboxylic acids is 4. The second-order valence-corrected chi connectivity index (χ2v) is 2.64. The molecule has 0 heterocycles. The Bertz CT molecular complexity index is 410. The molecule has 0 bridgehead atoms. The third kappa shape index (κ3) is 3.13.